The van der Waals surface area contributed by atoms with E-state index >= 15 is 0 Å². The first-order valence-electron chi connectivity index (χ1n) is 9.90. The molecule has 1 heterocycles. The summed E-state index contributed by atoms with van der Waals surface area (Å²) in [4.78, 5) is 37.5. The highest BCUT2D eigenvalue weighted by atomic mass is 16.6. The molecule has 160 valence electrons. The fraction of sp³-hybridized carbons (Fsp3) is 0.750. The van der Waals surface area contributed by atoms with E-state index in [0.29, 0.717) is 0 Å². The standard InChI is InChI=1S/C20H33NO7/c1-3-20(15-22,16-28-18(24)10-9-17(23)26-2)19(25)27-14-8-7-13-21-11-5-4-6-12-21/h9-10,22H,3-8,11-16H2,1-2H3/b10-9+. The molecule has 0 saturated carbocycles. The van der Waals surface area contributed by atoms with Crippen molar-refractivity contribution in [1.82, 2.24) is 4.90 Å². The lowest BCUT2D eigenvalue weighted by Crippen LogP contribution is -2.41. The molecular weight excluding hydrogens is 366 g/mol. The number of piperidine rings is 1. The first-order chi connectivity index (χ1) is 13.5. The van der Waals surface area contributed by atoms with Crippen LogP contribution in [0, 0.1) is 5.41 Å². The number of rotatable bonds is 12. The van der Waals surface area contributed by atoms with Crippen molar-refractivity contribution in [2.45, 2.75) is 45.4 Å². The van der Waals surface area contributed by atoms with E-state index in [9.17, 15) is 19.5 Å². The topological polar surface area (TPSA) is 102 Å². The van der Waals surface area contributed by atoms with Gasteiger partial charge in [-0.3, -0.25) is 4.79 Å². The van der Waals surface area contributed by atoms with Crippen molar-refractivity contribution in [2.75, 3.05) is 46.6 Å². The number of hydrogen-bond donors (Lipinski definition) is 1. The van der Waals surface area contributed by atoms with E-state index in [4.69, 9.17) is 9.47 Å². The average Bonchev–Trinajstić information content (AvgIpc) is 2.73. The molecule has 0 aliphatic carbocycles. The van der Waals surface area contributed by atoms with Gasteiger partial charge in [-0.05, 0) is 51.7 Å². The van der Waals surface area contributed by atoms with Gasteiger partial charge in [0.25, 0.3) is 0 Å². The third kappa shape index (κ3) is 8.39. The molecule has 1 fully saturated rings. The van der Waals surface area contributed by atoms with Crippen LogP contribution in [0.2, 0.25) is 0 Å². The Labute approximate surface area is 166 Å². The van der Waals surface area contributed by atoms with Gasteiger partial charge < -0.3 is 24.2 Å². The van der Waals surface area contributed by atoms with Crippen LogP contribution in [0.5, 0.6) is 0 Å². The Kier molecular flexibility index (Phi) is 11.4. The Morgan fingerprint density at radius 1 is 1.04 bits per heavy atom. The van der Waals surface area contributed by atoms with Gasteiger partial charge in [0, 0.05) is 12.2 Å². The molecule has 0 amide bonds. The van der Waals surface area contributed by atoms with Gasteiger partial charge in [0.1, 0.15) is 12.0 Å². The van der Waals surface area contributed by atoms with Crippen LogP contribution in [0.1, 0.15) is 45.4 Å². The molecule has 0 aromatic carbocycles. The number of carbonyl (C=O) groups is 3. The molecule has 28 heavy (non-hydrogen) atoms. The van der Waals surface area contributed by atoms with E-state index in [1.165, 1.54) is 26.4 Å². The van der Waals surface area contributed by atoms with Crippen LogP contribution in [0.15, 0.2) is 12.2 Å². The Morgan fingerprint density at radius 3 is 2.32 bits per heavy atom. The van der Waals surface area contributed by atoms with Crippen LogP contribution < -0.4 is 0 Å². The van der Waals surface area contributed by atoms with Crippen LogP contribution in [0.3, 0.4) is 0 Å². The number of unbranched alkanes of at least 4 members (excludes halogenated alkanes) is 1. The second kappa shape index (κ2) is 13.3. The number of aliphatic hydroxyl groups excluding tert-OH is 1. The number of nitrogens with zero attached hydrogens (tertiary/aromatic N) is 1. The third-order valence-corrected chi connectivity index (χ3v) is 5.01. The van der Waals surface area contributed by atoms with Crippen molar-refractivity contribution >= 4 is 17.9 Å². The van der Waals surface area contributed by atoms with Gasteiger partial charge in [-0.1, -0.05) is 13.3 Å². The van der Waals surface area contributed by atoms with Crippen molar-refractivity contribution in [1.29, 1.82) is 0 Å². The zero-order valence-electron chi connectivity index (χ0n) is 17.0. The number of esters is 3. The van der Waals surface area contributed by atoms with Crippen LogP contribution in [0.25, 0.3) is 0 Å². The minimum atomic E-state index is -1.30. The summed E-state index contributed by atoms with van der Waals surface area (Å²) in [6, 6.07) is 0. The van der Waals surface area contributed by atoms with Crippen LogP contribution in [-0.4, -0.2) is 74.5 Å². The zero-order valence-corrected chi connectivity index (χ0v) is 17.0. The first kappa shape index (κ1) is 24.1. The lowest BCUT2D eigenvalue weighted by molar-refractivity contribution is -0.166. The predicted molar refractivity (Wildman–Crippen MR) is 102 cm³/mol. The molecule has 8 heteroatoms. The van der Waals surface area contributed by atoms with E-state index in [0.717, 1.165) is 44.6 Å². The zero-order chi connectivity index (χ0) is 20.8. The van der Waals surface area contributed by atoms with E-state index < -0.39 is 29.9 Å². The molecule has 1 rings (SSSR count). The van der Waals surface area contributed by atoms with Gasteiger partial charge in [-0.2, -0.15) is 0 Å². The van der Waals surface area contributed by atoms with E-state index in [1.54, 1.807) is 6.92 Å². The van der Waals surface area contributed by atoms with Gasteiger partial charge in [0.15, 0.2) is 0 Å². The predicted octanol–water partition coefficient (Wildman–Crippen LogP) is 1.46. The molecule has 1 unspecified atom stereocenters. The number of methoxy groups -OCH3 is 1. The van der Waals surface area contributed by atoms with Crippen LogP contribution in [-0.2, 0) is 28.6 Å². The average molecular weight is 399 g/mol. The molecule has 0 spiro atoms. The fourth-order valence-electron chi connectivity index (χ4n) is 2.93. The summed E-state index contributed by atoms with van der Waals surface area (Å²) in [5.74, 6) is -2.07. The fourth-order valence-corrected chi connectivity index (χ4v) is 2.93. The summed E-state index contributed by atoms with van der Waals surface area (Å²) in [5, 5.41) is 9.70. The van der Waals surface area contributed by atoms with Gasteiger partial charge >= 0.3 is 17.9 Å². The van der Waals surface area contributed by atoms with Crippen LogP contribution >= 0.6 is 0 Å². The van der Waals surface area contributed by atoms with Gasteiger partial charge in [0.2, 0.25) is 0 Å². The number of likely N-dealkylation sites (tertiary alicyclic amines) is 1. The summed E-state index contributed by atoms with van der Waals surface area (Å²) in [6.45, 7) is 4.44. The molecule has 0 radical (unpaired) electrons. The maximum absolute atomic E-state index is 12.4. The molecule has 1 saturated heterocycles. The second-order valence-electron chi connectivity index (χ2n) is 7.00. The lowest BCUT2D eigenvalue weighted by atomic mass is 9.87. The summed E-state index contributed by atoms with van der Waals surface area (Å²) >= 11 is 0. The molecule has 0 aromatic rings. The largest absolute Gasteiger partial charge is 0.466 e. The molecule has 1 aliphatic heterocycles. The minimum absolute atomic E-state index is 0.254. The van der Waals surface area contributed by atoms with Crippen LogP contribution in [0.4, 0.5) is 0 Å². The molecule has 8 nitrogen and oxygen atoms in total. The van der Waals surface area contributed by atoms with E-state index in [1.807, 2.05) is 0 Å². The van der Waals surface area contributed by atoms with Gasteiger partial charge in [0.05, 0.1) is 20.3 Å². The van der Waals surface area contributed by atoms with Crippen molar-refractivity contribution < 1.29 is 33.7 Å². The van der Waals surface area contributed by atoms with Crippen molar-refractivity contribution in [2.24, 2.45) is 5.41 Å². The highest BCUT2D eigenvalue weighted by molar-refractivity contribution is 5.91. The van der Waals surface area contributed by atoms with Crippen molar-refractivity contribution in [3.8, 4) is 0 Å². The maximum atomic E-state index is 12.4. The van der Waals surface area contributed by atoms with Crippen molar-refractivity contribution in [3.63, 3.8) is 0 Å². The highest BCUT2D eigenvalue weighted by Gasteiger charge is 2.39. The number of aliphatic hydroxyl groups is 1. The van der Waals surface area contributed by atoms with Gasteiger partial charge in [-0.15, -0.1) is 0 Å². The Morgan fingerprint density at radius 2 is 1.71 bits per heavy atom. The molecule has 0 bridgehead atoms. The third-order valence-electron chi connectivity index (χ3n) is 5.01. The number of ether oxygens (including phenoxy) is 3. The normalized spacial score (nSPS) is 17.1. The SMILES string of the molecule is CCC(CO)(COC(=O)/C=C/C(=O)OC)C(=O)OCCCCN1CCCCC1. The summed E-state index contributed by atoms with van der Waals surface area (Å²) in [7, 11) is 1.19. The number of carbonyl (C=O) groups excluding carboxylic acids is 3. The van der Waals surface area contributed by atoms with Gasteiger partial charge in [-0.25, -0.2) is 9.59 Å². The molecule has 0 aromatic heterocycles. The summed E-state index contributed by atoms with van der Waals surface area (Å²) in [5.41, 5.74) is -1.30. The maximum Gasteiger partial charge on any atom is 0.331 e. The molecule has 1 atom stereocenters. The monoisotopic (exact) mass is 399 g/mol. The summed E-state index contributed by atoms with van der Waals surface area (Å²) < 4.78 is 14.7. The Hall–Kier alpha value is -1.93. The smallest absolute Gasteiger partial charge is 0.331 e. The Bertz CT molecular complexity index is 523. The van der Waals surface area contributed by atoms with E-state index in [-0.39, 0.29) is 19.6 Å². The highest BCUT2D eigenvalue weighted by Crippen LogP contribution is 2.24. The number of hydrogen-bond acceptors (Lipinski definition) is 8. The lowest BCUT2D eigenvalue weighted by Gasteiger charge is -2.28. The minimum Gasteiger partial charge on any atom is -0.466 e. The summed E-state index contributed by atoms with van der Waals surface area (Å²) in [6.07, 6.45) is 7.58. The molecule has 1 N–H and O–H groups in total. The first-order valence-corrected chi connectivity index (χ1v) is 9.90. The molecular formula is C20H33NO7. The van der Waals surface area contributed by atoms with Crippen molar-refractivity contribution in [3.05, 3.63) is 12.2 Å². The van der Waals surface area contributed by atoms with E-state index in [2.05, 4.69) is 9.64 Å². The molecule has 1 aliphatic rings. The Balaban J connectivity index is 2.38. The second-order valence-corrected chi connectivity index (χ2v) is 7.00. The quantitative estimate of drug-likeness (QED) is 0.228.